The number of para-hydroxylation sites is 1. The minimum Gasteiger partial charge on any atom is -0.462 e. The molecule has 38 heavy (non-hydrogen) atoms. The van der Waals surface area contributed by atoms with Crippen LogP contribution in [0.3, 0.4) is 0 Å². The lowest BCUT2D eigenvalue weighted by Crippen LogP contribution is -2.42. The highest BCUT2D eigenvalue weighted by molar-refractivity contribution is 7.52. The van der Waals surface area contributed by atoms with Crippen molar-refractivity contribution >= 4 is 13.7 Å². The Morgan fingerprint density at radius 3 is 2.63 bits per heavy atom. The Balaban J connectivity index is 1.61. The van der Waals surface area contributed by atoms with E-state index in [1.807, 2.05) is 0 Å². The Morgan fingerprint density at radius 1 is 1.32 bits per heavy atom. The zero-order valence-corrected chi connectivity index (χ0v) is 21.8. The smallest absolute Gasteiger partial charge is 0.459 e. The summed E-state index contributed by atoms with van der Waals surface area (Å²) in [6, 6.07) is 5.45. The van der Waals surface area contributed by atoms with E-state index in [0.717, 1.165) is 4.57 Å². The number of nitrogens with zero attached hydrogens (tertiary/aromatic N) is 4. The molecule has 204 valence electrons. The van der Waals surface area contributed by atoms with E-state index in [0.29, 0.717) is 0 Å². The molecule has 1 aliphatic carbocycles. The van der Waals surface area contributed by atoms with Gasteiger partial charge in [-0.3, -0.25) is 23.7 Å². The van der Waals surface area contributed by atoms with Gasteiger partial charge in [-0.15, -0.1) is 0 Å². The summed E-state index contributed by atoms with van der Waals surface area (Å²) in [5.74, 6) is -0.572. The monoisotopic (exact) mass is 550 g/mol. The second kappa shape index (κ2) is 10.4. The molecule has 1 saturated heterocycles. The molecule has 7 atom stereocenters. The van der Waals surface area contributed by atoms with Gasteiger partial charge in [0, 0.05) is 16.7 Å². The van der Waals surface area contributed by atoms with E-state index in [2.05, 4.69) is 20.1 Å². The van der Waals surface area contributed by atoms with Crippen molar-refractivity contribution in [1.29, 1.82) is 0 Å². The van der Waals surface area contributed by atoms with Gasteiger partial charge in [0.05, 0.1) is 6.10 Å². The Bertz CT molecular complexity index is 1420. The number of rotatable bonds is 10. The van der Waals surface area contributed by atoms with Crippen LogP contribution in [0.5, 0.6) is 5.75 Å². The average molecular weight is 550 g/mol. The van der Waals surface area contributed by atoms with Crippen LogP contribution in [-0.4, -0.2) is 56.6 Å². The fraction of sp³-hybridized carbons (Fsp3) is 0.500. The summed E-state index contributed by atoms with van der Waals surface area (Å²) in [6.45, 7) is 6.17. The lowest BCUT2D eigenvalue weighted by molar-refractivity contribution is -0.149. The summed E-state index contributed by atoms with van der Waals surface area (Å²) in [5, 5.41) is 17.5. The molecular formula is C22H27N6O9P. The number of aryl methyl sites for hydroxylation is 1. The second-order valence-corrected chi connectivity index (χ2v) is 10.9. The van der Waals surface area contributed by atoms with E-state index in [1.165, 1.54) is 32.2 Å². The minimum absolute atomic E-state index is 0.145. The van der Waals surface area contributed by atoms with Crippen LogP contribution in [0.1, 0.15) is 32.6 Å². The first-order valence-corrected chi connectivity index (χ1v) is 13.2. The number of carbonyl (C=O) groups is 1. The van der Waals surface area contributed by atoms with Crippen molar-refractivity contribution in [3.05, 3.63) is 73.4 Å². The highest BCUT2D eigenvalue weighted by atomic mass is 31.2. The molecule has 0 radical (unpaired) electrons. The summed E-state index contributed by atoms with van der Waals surface area (Å²) >= 11 is 0. The van der Waals surface area contributed by atoms with E-state index in [9.17, 15) is 24.1 Å². The van der Waals surface area contributed by atoms with Gasteiger partial charge < -0.3 is 19.1 Å². The molecule has 2 fully saturated rings. The second-order valence-electron chi connectivity index (χ2n) is 9.23. The third-order valence-electron chi connectivity index (χ3n) is 5.98. The molecular weight excluding hydrogens is 523 g/mol. The third-order valence-corrected chi connectivity index (χ3v) is 7.64. The minimum atomic E-state index is -4.39. The van der Waals surface area contributed by atoms with Crippen LogP contribution < -0.4 is 20.9 Å². The number of hydrogen-bond donors (Lipinski definition) is 3. The summed E-state index contributed by atoms with van der Waals surface area (Å²) in [6.07, 6.45) is -3.02. The van der Waals surface area contributed by atoms with Crippen molar-refractivity contribution in [2.75, 3.05) is 0 Å². The molecule has 16 heteroatoms. The van der Waals surface area contributed by atoms with E-state index in [-0.39, 0.29) is 11.3 Å². The maximum atomic E-state index is 13.8. The lowest BCUT2D eigenvalue weighted by Gasteiger charge is -2.27. The normalized spacial score (nSPS) is 28.1. The fourth-order valence-electron chi connectivity index (χ4n) is 4.11. The topological polar surface area (TPSA) is 207 Å². The van der Waals surface area contributed by atoms with Gasteiger partial charge in [-0.2, -0.15) is 5.09 Å². The first kappa shape index (κ1) is 27.6. The Labute approximate surface area is 215 Å². The number of fused-ring (bicyclic) bond motifs is 1. The molecule has 4 rings (SSSR count). The van der Waals surface area contributed by atoms with Gasteiger partial charge in [0.1, 0.15) is 41.9 Å². The van der Waals surface area contributed by atoms with Crippen molar-refractivity contribution in [2.24, 2.45) is 5.11 Å². The van der Waals surface area contributed by atoms with Gasteiger partial charge >= 0.3 is 19.4 Å². The molecule has 0 spiro atoms. The largest absolute Gasteiger partial charge is 0.462 e. The lowest BCUT2D eigenvalue weighted by atomic mass is 10.1. The predicted octanol–water partition coefficient (Wildman–Crippen LogP) is 1.67. The van der Waals surface area contributed by atoms with Crippen LogP contribution in [-0.2, 0) is 23.4 Å². The summed E-state index contributed by atoms with van der Waals surface area (Å²) in [4.78, 5) is 41.4. The molecule has 3 N–H and O–H groups in total. The SMILES string of the molecule is Cc1cn([C@@H]2O[C@@H]3C(OP(=O)(N[C@@H](C)C(=O)OC(C)C)Oc4ccccc4)[C@]3(O)C2N=[N+]=[N-])c(=O)[nH]c1=O. The van der Waals surface area contributed by atoms with Crippen molar-refractivity contribution in [3.63, 3.8) is 0 Å². The van der Waals surface area contributed by atoms with Gasteiger partial charge in [-0.25, -0.2) is 9.36 Å². The summed E-state index contributed by atoms with van der Waals surface area (Å²) in [7, 11) is -4.39. The molecule has 0 amide bonds. The van der Waals surface area contributed by atoms with Crippen molar-refractivity contribution in [2.45, 2.75) is 69.9 Å². The van der Waals surface area contributed by atoms with Crippen LogP contribution in [0.15, 0.2) is 51.2 Å². The molecule has 1 saturated carbocycles. The maximum Gasteiger partial charge on any atom is 0.459 e. The van der Waals surface area contributed by atoms with E-state index >= 15 is 0 Å². The van der Waals surface area contributed by atoms with Crippen LogP contribution in [0.2, 0.25) is 0 Å². The number of aliphatic hydroxyl groups is 1. The maximum absolute atomic E-state index is 13.8. The molecule has 15 nitrogen and oxygen atoms in total. The average Bonchev–Trinajstić information content (AvgIpc) is 3.25. The first-order valence-electron chi connectivity index (χ1n) is 11.6. The number of esters is 1. The first-order chi connectivity index (χ1) is 17.9. The van der Waals surface area contributed by atoms with Crippen LogP contribution >= 0.6 is 7.75 Å². The quantitative estimate of drug-likeness (QED) is 0.128. The zero-order chi connectivity index (χ0) is 27.8. The Kier molecular flexibility index (Phi) is 7.53. The van der Waals surface area contributed by atoms with E-state index < -0.39 is 67.2 Å². The Hall–Kier alpha value is -3.45. The molecule has 1 aromatic carbocycles. The van der Waals surface area contributed by atoms with Crippen molar-refractivity contribution in [1.82, 2.24) is 14.6 Å². The predicted molar refractivity (Wildman–Crippen MR) is 131 cm³/mol. The number of carbonyl (C=O) groups excluding carboxylic acids is 1. The molecule has 2 aliphatic rings. The van der Waals surface area contributed by atoms with E-state index in [4.69, 9.17) is 24.1 Å². The molecule has 1 aromatic heterocycles. The zero-order valence-electron chi connectivity index (χ0n) is 20.9. The fourth-order valence-corrected chi connectivity index (χ4v) is 5.83. The molecule has 1 aliphatic heterocycles. The number of benzene rings is 1. The summed E-state index contributed by atoms with van der Waals surface area (Å²) in [5.41, 5.74) is 5.87. The van der Waals surface area contributed by atoms with Gasteiger partial charge in [-0.1, -0.05) is 23.3 Å². The summed E-state index contributed by atoms with van der Waals surface area (Å²) < 4.78 is 37.0. The van der Waals surface area contributed by atoms with Gasteiger partial charge in [0.25, 0.3) is 5.56 Å². The number of ether oxygens (including phenoxy) is 2. The third kappa shape index (κ3) is 5.25. The van der Waals surface area contributed by atoms with Gasteiger partial charge in [0.15, 0.2) is 0 Å². The standard InChI is InChI=1S/C22H27N6O9P/c1-11(2)34-20(30)13(4)26-38(33,36-14-8-6-5-7-9-14)37-17-16-22(17,32)15(25-27-23)19(35-16)28-10-12(3)18(29)24-21(28)31/h5-11,13,15-17,19,32H,1-4H3,(H,26,33)(H,24,29,31)/t13-,15?,16+,17?,19+,22-,38?/m0/s1. The number of aromatic amines is 1. The van der Waals surface area contributed by atoms with Gasteiger partial charge in [0.2, 0.25) is 0 Å². The number of nitrogens with one attached hydrogen (secondary N) is 2. The number of azide groups is 1. The molecule has 0 bridgehead atoms. The molecule has 2 aromatic rings. The van der Waals surface area contributed by atoms with E-state index in [1.54, 1.807) is 32.0 Å². The number of aromatic nitrogens is 2. The van der Waals surface area contributed by atoms with Crippen molar-refractivity contribution in [3.8, 4) is 5.75 Å². The van der Waals surface area contributed by atoms with Gasteiger partial charge in [-0.05, 0) is 45.4 Å². The van der Waals surface area contributed by atoms with Crippen LogP contribution in [0.4, 0.5) is 0 Å². The molecule has 2 heterocycles. The van der Waals surface area contributed by atoms with Crippen LogP contribution in [0.25, 0.3) is 10.4 Å². The highest BCUT2D eigenvalue weighted by Gasteiger charge is 2.79. The number of hydrogen-bond acceptors (Lipinski definition) is 10. The highest BCUT2D eigenvalue weighted by Crippen LogP contribution is 2.61. The van der Waals surface area contributed by atoms with Crippen molar-refractivity contribution < 1.29 is 33.0 Å². The Morgan fingerprint density at radius 2 is 2.00 bits per heavy atom. The van der Waals surface area contributed by atoms with Crippen LogP contribution in [0, 0.1) is 6.92 Å². The number of H-pyrrole nitrogens is 1. The molecule has 3 unspecified atom stereocenters.